The SMILES string of the molecule is CCCCC(CC(C)C)(C(C)CC)C(C)C(CCC)C(C)C. The smallest absolute Gasteiger partial charge is 0.0241 e. The van der Waals surface area contributed by atoms with E-state index in [2.05, 4.69) is 62.3 Å². The molecule has 0 saturated heterocycles. The maximum atomic E-state index is 2.60. The Balaban J connectivity index is 5.63. The molecule has 0 bridgehead atoms. The van der Waals surface area contributed by atoms with Crippen molar-refractivity contribution in [3.8, 4) is 0 Å². The van der Waals surface area contributed by atoms with Crippen LogP contribution in [0.2, 0.25) is 0 Å². The molecule has 0 aliphatic carbocycles. The summed E-state index contributed by atoms with van der Waals surface area (Å²) in [6.07, 6.45) is 9.65. The summed E-state index contributed by atoms with van der Waals surface area (Å²) in [6.45, 7) is 22.0. The van der Waals surface area contributed by atoms with Gasteiger partial charge in [0, 0.05) is 0 Å². The van der Waals surface area contributed by atoms with E-state index in [9.17, 15) is 0 Å². The van der Waals surface area contributed by atoms with Crippen molar-refractivity contribution in [3.05, 3.63) is 0 Å². The topological polar surface area (TPSA) is 0 Å². The molecule has 0 nitrogen and oxygen atoms in total. The molecule has 0 aliphatic rings. The van der Waals surface area contributed by atoms with Crippen LogP contribution in [0, 0.1) is 35.0 Å². The van der Waals surface area contributed by atoms with Gasteiger partial charge in [-0.05, 0) is 47.8 Å². The molecule has 0 N–H and O–H groups in total. The second-order valence-corrected chi connectivity index (χ2v) is 8.73. The molecule has 0 aromatic heterocycles. The fraction of sp³-hybridized carbons (Fsp3) is 1.00. The van der Waals surface area contributed by atoms with Gasteiger partial charge in [-0.25, -0.2) is 0 Å². The minimum Gasteiger partial charge on any atom is -0.0654 e. The zero-order valence-electron chi connectivity index (χ0n) is 17.3. The van der Waals surface area contributed by atoms with E-state index in [1.54, 1.807) is 0 Å². The zero-order valence-corrected chi connectivity index (χ0v) is 17.3. The van der Waals surface area contributed by atoms with Gasteiger partial charge in [-0.1, -0.05) is 94.4 Å². The highest BCUT2D eigenvalue weighted by atomic mass is 14.5. The maximum Gasteiger partial charge on any atom is -0.0241 e. The van der Waals surface area contributed by atoms with E-state index in [1.165, 1.54) is 44.9 Å². The van der Waals surface area contributed by atoms with Crippen LogP contribution in [0.1, 0.15) is 107 Å². The van der Waals surface area contributed by atoms with Gasteiger partial charge in [0.15, 0.2) is 0 Å². The molecular weight excluding hydrogens is 264 g/mol. The summed E-state index contributed by atoms with van der Waals surface area (Å²) in [5.41, 5.74) is 0.545. The van der Waals surface area contributed by atoms with E-state index in [-0.39, 0.29) is 0 Å². The lowest BCUT2D eigenvalue weighted by molar-refractivity contribution is -0.00300. The molecule has 22 heavy (non-hydrogen) atoms. The van der Waals surface area contributed by atoms with Gasteiger partial charge in [-0.3, -0.25) is 0 Å². The van der Waals surface area contributed by atoms with Crippen molar-refractivity contribution in [2.24, 2.45) is 35.0 Å². The third kappa shape index (κ3) is 5.89. The molecule has 0 radical (unpaired) electrons. The number of rotatable bonds is 12. The number of unbranched alkanes of at least 4 members (excludes halogenated alkanes) is 1. The Morgan fingerprint density at radius 2 is 1.41 bits per heavy atom. The molecule has 0 spiro atoms. The van der Waals surface area contributed by atoms with Crippen LogP contribution < -0.4 is 0 Å². The lowest BCUT2D eigenvalue weighted by Crippen LogP contribution is -2.42. The van der Waals surface area contributed by atoms with Crippen LogP contribution in [0.4, 0.5) is 0 Å². The summed E-state index contributed by atoms with van der Waals surface area (Å²) < 4.78 is 0. The van der Waals surface area contributed by atoms with Gasteiger partial charge in [-0.15, -0.1) is 0 Å². The van der Waals surface area contributed by atoms with Crippen molar-refractivity contribution in [3.63, 3.8) is 0 Å². The van der Waals surface area contributed by atoms with Crippen LogP contribution >= 0.6 is 0 Å². The van der Waals surface area contributed by atoms with Gasteiger partial charge in [0.05, 0.1) is 0 Å². The molecule has 0 heteroatoms. The Hall–Kier alpha value is 0. The van der Waals surface area contributed by atoms with Crippen molar-refractivity contribution < 1.29 is 0 Å². The summed E-state index contributed by atoms with van der Waals surface area (Å²) in [5, 5.41) is 0. The number of hydrogen-bond donors (Lipinski definition) is 0. The summed E-state index contributed by atoms with van der Waals surface area (Å²) in [4.78, 5) is 0. The van der Waals surface area contributed by atoms with Crippen LogP contribution in [0.5, 0.6) is 0 Å². The molecule has 0 amide bonds. The van der Waals surface area contributed by atoms with Gasteiger partial charge in [0.25, 0.3) is 0 Å². The summed E-state index contributed by atoms with van der Waals surface area (Å²) in [5.74, 6) is 4.19. The molecule has 0 aromatic carbocycles. The van der Waals surface area contributed by atoms with E-state index in [4.69, 9.17) is 0 Å². The van der Waals surface area contributed by atoms with Crippen LogP contribution in [-0.2, 0) is 0 Å². The second-order valence-electron chi connectivity index (χ2n) is 8.73. The average molecular weight is 311 g/mol. The molecule has 134 valence electrons. The quantitative estimate of drug-likeness (QED) is 0.343. The van der Waals surface area contributed by atoms with E-state index in [1.807, 2.05) is 0 Å². The van der Waals surface area contributed by atoms with Gasteiger partial charge in [-0.2, -0.15) is 0 Å². The first-order valence-corrected chi connectivity index (χ1v) is 10.3. The highest BCUT2D eigenvalue weighted by Gasteiger charge is 2.43. The first-order chi connectivity index (χ1) is 10.3. The van der Waals surface area contributed by atoms with Crippen molar-refractivity contribution >= 4 is 0 Å². The van der Waals surface area contributed by atoms with E-state index in [0.717, 1.165) is 29.6 Å². The molecule has 4 atom stereocenters. The van der Waals surface area contributed by atoms with E-state index >= 15 is 0 Å². The Bertz CT molecular complexity index is 265. The predicted octanol–water partition coefficient (Wildman–Crippen LogP) is 7.96. The molecule has 0 aliphatic heterocycles. The molecule has 0 saturated carbocycles. The number of hydrogen-bond acceptors (Lipinski definition) is 0. The highest BCUT2D eigenvalue weighted by Crippen LogP contribution is 2.52. The summed E-state index contributed by atoms with van der Waals surface area (Å²) >= 11 is 0. The zero-order chi connectivity index (χ0) is 17.3. The minimum absolute atomic E-state index is 0.545. The molecule has 4 unspecified atom stereocenters. The van der Waals surface area contributed by atoms with Crippen molar-refractivity contribution in [2.75, 3.05) is 0 Å². The normalized spacial score (nSPS) is 19.2. The standard InChI is InChI=1S/C22H46/c1-10-13-15-22(16-17(4)5,19(8)12-3)20(9)21(14-11-2)18(6)7/h17-21H,10-16H2,1-9H3. The molecule has 0 heterocycles. The van der Waals surface area contributed by atoms with Crippen LogP contribution in [0.15, 0.2) is 0 Å². The van der Waals surface area contributed by atoms with Crippen molar-refractivity contribution in [2.45, 2.75) is 107 Å². The van der Waals surface area contributed by atoms with E-state index < -0.39 is 0 Å². The highest BCUT2D eigenvalue weighted by molar-refractivity contribution is 4.92. The van der Waals surface area contributed by atoms with Crippen molar-refractivity contribution in [1.82, 2.24) is 0 Å². The van der Waals surface area contributed by atoms with Crippen LogP contribution in [0.3, 0.4) is 0 Å². The Kier molecular flexibility index (Phi) is 10.7. The average Bonchev–Trinajstić information content (AvgIpc) is 2.46. The van der Waals surface area contributed by atoms with Crippen LogP contribution in [-0.4, -0.2) is 0 Å². The summed E-state index contributed by atoms with van der Waals surface area (Å²) in [7, 11) is 0. The lowest BCUT2D eigenvalue weighted by atomic mass is 9.55. The minimum atomic E-state index is 0.545. The summed E-state index contributed by atoms with van der Waals surface area (Å²) in [6, 6.07) is 0. The van der Waals surface area contributed by atoms with Crippen LogP contribution in [0.25, 0.3) is 0 Å². The van der Waals surface area contributed by atoms with Crippen molar-refractivity contribution in [1.29, 1.82) is 0 Å². The van der Waals surface area contributed by atoms with Gasteiger partial charge < -0.3 is 0 Å². The predicted molar refractivity (Wildman–Crippen MR) is 103 cm³/mol. The molecule has 0 aromatic rings. The van der Waals surface area contributed by atoms with E-state index in [0.29, 0.717) is 5.41 Å². The molecular formula is C22H46. The maximum absolute atomic E-state index is 2.60. The first-order valence-electron chi connectivity index (χ1n) is 10.3. The van der Waals surface area contributed by atoms with Gasteiger partial charge in [0.2, 0.25) is 0 Å². The molecule has 0 fully saturated rings. The fourth-order valence-corrected chi connectivity index (χ4v) is 5.00. The Morgan fingerprint density at radius 1 is 0.818 bits per heavy atom. The largest absolute Gasteiger partial charge is 0.0654 e. The first kappa shape index (κ1) is 22.0. The fourth-order valence-electron chi connectivity index (χ4n) is 5.00. The monoisotopic (exact) mass is 310 g/mol. The Labute approximate surface area is 142 Å². The third-order valence-corrected chi connectivity index (χ3v) is 6.41. The van der Waals surface area contributed by atoms with Gasteiger partial charge in [0.1, 0.15) is 0 Å². The Morgan fingerprint density at radius 3 is 1.77 bits per heavy atom. The van der Waals surface area contributed by atoms with Gasteiger partial charge >= 0.3 is 0 Å². The lowest BCUT2D eigenvalue weighted by Gasteiger charge is -2.49. The third-order valence-electron chi connectivity index (χ3n) is 6.41. The molecule has 0 rings (SSSR count). The second kappa shape index (κ2) is 10.7.